The van der Waals surface area contributed by atoms with E-state index in [9.17, 15) is 22.4 Å². The topological polar surface area (TPSA) is 42.0 Å². The Morgan fingerprint density at radius 2 is 2.10 bits per heavy atom. The number of amides is 1. The Bertz CT molecular complexity index is 666. The fraction of sp³-hybridized carbons (Fsp3) is 0.231. The van der Waals surface area contributed by atoms with E-state index in [1.807, 2.05) is 0 Å². The predicted molar refractivity (Wildman–Crippen MR) is 69.4 cm³/mol. The van der Waals surface area contributed by atoms with E-state index in [-0.39, 0.29) is 6.54 Å². The van der Waals surface area contributed by atoms with Crippen LogP contribution < -0.4 is 5.32 Å². The normalized spacial score (nSPS) is 11.5. The van der Waals surface area contributed by atoms with Gasteiger partial charge in [-0.15, -0.1) is 11.3 Å². The molecule has 0 spiro atoms. The maximum atomic E-state index is 13.8. The minimum Gasteiger partial charge on any atom is -0.345 e. The smallest absolute Gasteiger partial charge is 0.345 e. The molecule has 0 aliphatic carbocycles. The van der Waals surface area contributed by atoms with E-state index in [4.69, 9.17) is 0 Å². The van der Waals surface area contributed by atoms with Gasteiger partial charge in [-0.1, -0.05) is 6.07 Å². The molecule has 2 rings (SSSR count). The van der Waals surface area contributed by atoms with E-state index < -0.39 is 29.0 Å². The summed E-state index contributed by atoms with van der Waals surface area (Å²) in [4.78, 5) is 15.9. The number of benzene rings is 1. The van der Waals surface area contributed by atoms with Crippen molar-refractivity contribution < 1.29 is 22.4 Å². The summed E-state index contributed by atoms with van der Waals surface area (Å²) in [6.07, 6.45) is -4.84. The number of thiazole rings is 1. The fourth-order valence-corrected chi connectivity index (χ4v) is 2.37. The SMILES string of the molecule is Cc1csc(CNC(=O)c2cccc(C(F)(F)F)c2F)n1. The number of carbonyl (C=O) groups is 1. The molecular formula is C13H10F4N2OS. The summed E-state index contributed by atoms with van der Waals surface area (Å²) >= 11 is 1.30. The zero-order chi connectivity index (χ0) is 15.6. The number of hydrogen-bond acceptors (Lipinski definition) is 3. The number of halogens is 4. The first-order valence-electron chi connectivity index (χ1n) is 5.84. The van der Waals surface area contributed by atoms with Crippen LogP contribution in [0.4, 0.5) is 17.6 Å². The molecular weight excluding hydrogens is 308 g/mol. The molecule has 1 N–H and O–H groups in total. The fourth-order valence-electron chi connectivity index (χ4n) is 1.66. The Balaban J connectivity index is 2.16. The van der Waals surface area contributed by atoms with Crippen LogP contribution in [0.1, 0.15) is 26.6 Å². The molecule has 8 heteroatoms. The van der Waals surface area contributed by atoms with Crippen LogP contribution in [0, 0.1) is 12.7 Å². The molecule has 0 aliphatic heterocycles. The maximum Gasteiger partial charge on any atom is 0.419 e. The average Bonchev–Trinajstić information content (AvgIpc) is 2.80. The Morgan fingerprint density at radius 3 is 2.67 bits per heavy atom. The van der Waals surface area contributed by atoms with Gasteiger partial charge in [0.05, 0.1) is 17.7 Å². The minimum atomic E-state index is -4.84. The molecule has 1 aromatic heterocycles. The van der Waals surface area contributed by atoms with Crippen LogP contribution in [0.3, 0.4) is 0 Å². The second-order valence-electron chi connectivity index (χ2n) is 4.23. The van der Waals surface area contributed by atoms with Crippen LogP contribution in [0.25, 0.3) is 0 Å². The van der Waals surface area contributed by atoms with Crippen LogP contribution in [0.5, 0.6) is 0 Å². The zero-order valence-corrected chi connectivity index (χ0v) is 11.6. The quantitative estimate of drug-likeness (QED) is 0.880. The van der Waals surface area contributed by atoms with E-state index in [2.05, 4.69) is 10.3 Å². The Morgan fingerprint density at radius 1 is 1.38 bits per heavy atom. The highest BCUT2D eigenvalue weighted by Crippen LogP contribution is 2.32. The van der Waals surface area contributed by atoms with Crippen LogP contribution in [0.15, 0.2) is 23.6 Å². The largest absolute Gasteiger partial charge is 0.419 e. The molecule has 1 heterocycles. The Hall–Kier alpha value is -1.96. The lowest BCUT2D eigenvalue weighted by Gasteiger charge is -2.11. The number of carbonyl (C=O) groups excluding carboxylic acids is 1. The van der Waals surface area contributed by atoms with Crippen molar-refractivity contribution in [3.63, 3.8) is 0 Å². The highest BCUT2D eigenvalue weighted by atomic mass is 32.1. The molecule has 1 aromatic carbocycles. The third-order valence-corrected chi connectivity index (χ3v) is 3.58. The first kappa shape index (κ1) is 15.4. The predicted octanol–water partition coefficient (Wildman–Crippen LogP) is 3.54. The monoisotopic (exact) mass is 318 g/mol. The molecule has 2 aromatic rings. The van der Waals surface area contributed by atoms with Gasteiger partial charge in [-0.25, -0.2) is 9.37 Å². The van der Waals surface area contributed by atoms with Crippen molar-refractivity contribution in [3.05, 3.63) is 51.2 Å². The van der Waals surface area contributed by atoms with Gasteiger partial charge in [-0.2, -0.15) is 13.2 Å². The van der Waals surface area contributed by atoms with E-state index in [1.165, 1.54) is 11.3 Å². The Kier molecular flexibility index (Phi) is 4.26. The lowest BCUT2D eigenvalue weighted by atomic mass is 10.1. The molecule has 0 aliphatic rings. The van der Waals surface area contributed by atoms with Gasteiger partial charge in [0, 0.05) is 11.1 Å². The lowest BCUT2D eigenvalue weighted by Crippen LogP contribution is -2.25. The molecule has 1 amide bonds. The van der Waals surface area contributed by atoms with Crippen molar-refractivity contribution >= 4 is 17.2 Å². The number of aromatic nitrogens is 1. The van der Waals surface area contributed by atoms with Crippen molar-refractivity contribution in [2.45, 2.75) is 19.6 Å². The number of nitrogens with zero attached hydrogens (tertiary/aromatic N) is 1. The summed E-state index contributed by atoms with van der Waals surface area (Å²) in [5, 5.41) is 4.71. The van der Waals surface area contributed by atoms with Crippen LogP contribution in [0.2, 0.25) is 0 Å². The molecule has 0 unspecified atom stereocenters. The van der Waals surface area contributed by atoms with Gasteiger partial charge in [-0.05, 0) is 19.1 Å². The van der Waals surface area contributed by atoms with Gasteiger partial charge in [0.1, 0.15) is 10.8 Å². The van der Waals surface area contributed by atoms with Gasteiger partial charge in [-0.3, -0.25) is 4.79 Å². The molecule has 112 valence electrons. The van der Waals surface area contributed by atoms with E-state index >= 15 is 0 Å². The summed E-state index contributed by atoms with van der Waals surface area (Å²) in [5.74, 6) is -2.48. The van der Waals surface area contributed by atoms with Crippen molar-refractivity contribution in [1.82, 2.24) is 10.3 Å². The van der Waals surface area contributed by atoms with Gasteiger partial charge in [0.25, 0.3) is 5.91 Å². The third kappa shape index (κ3) is 3.57. The molecule has 0 bridgehead atoms. The summed E-state index contributed by atoms with van der Waals surface area (Å²) in [7, 11) is 0. The number of alkyl halides is 3. The van der Waals surface area contributed by atoms with Crippen molar-refractivity contribution in [2.24, 2.45) is 0 Å². The van der Waals surface area contributed by atoms with E-state index in [0.29, 0.717) is 11.1 Å². The molecule has 0 fully saturated rings. The van der Waals surface area contributed by atoms with E-state index in [1.54, 1.807) is 12.3 Å². The molecule has 21 heavy (non-hydrogen) atoms. The second kappa shape index (κ2) is 5.80. The van der Waals surface area contributed by atoms with Crippen LogP contribution >= 0.6 is 11.3 Å². The standard InChI is InChI=1S/C13H10F4N2OS/c1-7-6-21-10(19-7)5-18-12(20)8-3-2-4-9(11(8)14)13(15,16)17/h2-4,6H,5H2,1H3,(H,18,20). The highest BCUT2D eigenvalue weighted by molar-refractivity contribution is 7.09. The number of hydrogen-bond donors (Lipinski definition) is 1. The molecule has 3 nitrogen and oxygen atoms in total. The molecule has 0 atom stereocenters. The second-order valence-corrected chi connectivity index (χ2v) is 5.17. The van der Waals surface area contributed by atoms with Gasteiger partial charge < -0.3 is 5.32 Å². The highest BCUT2D eigenvalue weighted by Gasteiger charge is 2.35. The first-order chi connectivity index (χ1) is 9.79. The number of nitrogens with one attached hydrogen (secondary N) is 1. The third-order valence-electron chi connectivity index (χ3n) is 2.62. The van der Waals surface area contributed by atoms with Crippen molar-refractivity contribution in [1.29, 1.82) is 0 Å². The molecule has 0 saturated carbocycles. The summed E-state index contributed by atoms with van der Waals surface area (Å²) in [5.41, 5.74) is -1.33. The average molecular weight is 318 g/mol. The first-order valence-corrected chi connectivity index (χ1v) is 6.72. The number of aryl methyl sites for hydroxylation is 1. The minimum absolute atomic E-state index is 0.0347. The van der Waals surface area contributed by atoms with Crippen molar-refractivity contribution in [3.8, 4) is 0 Å². The number of rotatable bonds is 3. The molecule has 0 saturated heterocycles. The van der Waals surface area contributed by atoms with Crippen LogP contribution in [-0.4, -0.2) is 10.9 Å². The Labute approximate surface area is 121 Å². The lowest BCUT2D eigenvalue weighted by molar-refractivity contribution is -0.140. The van der Waals surface area contributed by atoms with E-state index in [0.717, 1.165) is 17.8 Å². The van der Waals surface area contributed by atoms with Gasteiger partial charge in [0.2, 0.25) is 0 Å². The zero-order valence-electron chi connectivity index (χ0n) is 10.8. The van der Waals surface area contributed by atoms with Gasteiger partial charge >= 0.3 is 6.18 Å². The summed E-state index contributed by atoms with van der Waals surface area (Å²) < 4.78 is 51.5. The van der Waals surface area contributed by atoms with Gasteiger partial charge in [0.15, 0.2) is 0 Å². The van der Waals surface area contributed by atoms with Crippen LogP contribution in [-0.2, 0) is 12.7 Å². The summed E-state index contributed by atoms with van der Waals surface area (Å²) in [6.45, 7) is 1.81. The molecule has 0 radical (unpaired) electrons. The summed E-state index contributed by atoms with van der Waals surface area (Å²) in [6, 6.07) is 2.59. The maximum absolute atomic E-state index is 13.8. The van der Waals surface area contributed by atoms with Crippen molar-refractivity contribution in [2.75, 3.05) is 0 Å².